The molecule has 2 heterocycles. The predicted molar refractivity (Wildman–Crippen MR) is 111 cm³/mol. The molecular formula is C20H24N4O5S. The first-order chi connectivity index (χ1) is 14.6. The van der Waals surface area contributed by atoms with E-state index in [1.165, 1.54) is 18.4 Å². The first-order valence-electron chi connectivity index (χ1n) is 9.64. The number of thiazole rings is 1. The zero-order valence-electron chi connectivity index (χ0n) is 16.6. The Labute approximate surface area is 178 Å². The second-order valence-corrected chi connectivity index (χ2v) is 7.37. The number of carbonyl (C=O) groups excluding carboxylic acids is 3. The van der Waals surface area contributed by atoms with Crippen molar-refractivity contribution >= 4 is 29.1 Å². The minimum atomic E-state index is -0.690. The van der Waals surface area contributed by atoms with E-state index in [9.17, 15) is 14.4 Å². The lowest BCUT2D eigenvalue weighted by molar-refractivity contribution is -0.123. The Morgan fingerprint density at radius 1 is 1.27 bits per heavy atom. The van der Waals surface area contributed by atoms with Crippen LogP contribution in [-0.2, 0) is 4.79 Å². The van der Waals surface area contributed by atoms with Crippen LogP contribution >= 0.6 is 11.3 Å². The number of methoxy groups -OCH3 is 1. The van der Waals surface area contributed by atoms with Crippen molar-refractivity contribution in [3.63, 3.8) is 0 Å². The zero-order valence-corrected chi connectivity index (χ0v) is 17.4. The van der Waals surface area contributed by atoms with E-state index < -0.39 is 6.04 Å². The molecule has 2 aromatic rings. The molecule has 3 N–H and O–H groups in total. The molecule has 1 aliphatic rings. The van der Waals surface area contributed by atoms with Crippen molar-refractivity contribution in [3.05, 3.63) is 40.3 Å². The van der Waals surface area contributed by atoms with Gasteiger partial charge in [-0.3, -0.25) is 14.4 Å². The lowest BCUT2D eigenvalue weighted by Gasteiger charge is -2.19. The van der Waals surface area contributed by atoms with Gasteiger partial charge in [0.05, 0.1) is 24.7 Å². The summed E-state index contributed by atoms with van der Waals surface area (Å²) in [7, 11) is 1.53. The topological polar surface area (TPSA) is 119 Å². The summed E-state index contributed by atoms with van der Waals surface area (Å²) < 4.78 is 10.9. The van der Waals surface area contributed by atoms with Crippen LogP contribution in [0.5, 0.6) is 11.5 Å². The smallest absolute Gasteiger partial charge is 0.271 e. The summed E-state index contributed by atoms with van der Waals surface area (Å²) in [6, 6.07) is 4.30. The van der Waals surface area contributed by atoms with E-state index >= 15 is 0 Å². The van der Waals surface area contributed by atoms with Gasteiger partial charge in [0.1, 0.15) is 29.8 Å². The van der Waals surface area contributed by atoms with Crippen molar-refractivity contribution in [3.8, 4) is 11.5 Å². The minimum absolute atomic E-state index is 0.159. The fourth-order valence-electron chi connectivity index (χ4n) is 2.99. The summed E-state index contributed by atoms with van der Waals surface area (Å²) in [5, 5.41) is 10.0. The van der Waals surface area contributed by atoms with E-state index in [1.807, 2.05) is 0 Å². The lowest BCUT2D eigenvalue weighted by atomic mass is 10.1. The number of hydrogen-bond donors (Lipinski definition) is 3. The molecule has 10 heteroatoms. The van der Waals surface area contributed by atoms with E-state index in [0.29, 0.717) is 42.9 Å². The Balaban J connectivity index is 1.68. The largest absolute Gasteiger partial charge is 0.497 e. The second-order valence-electron chi connectivity index (χ2n) is 6.65. The van der Waals surface area contributed by atoms with Crippen LogP contribution in [0.2, 0.25) is 0 Å². The maximum atomic E-state index is 12.6. The van der Waals surface area contributed by atoms with Gasteiger partial charge >= 0.3 is 0 Å². The Bertz CT molecular complexity index is 887. The molecule has 160 valence electrons. The summed E-state index contributed by atoms with van der Waals surface area (Å²) in [6.07, 6.45) is 1.77. The van der Waals surface area contributed by atoms with Crippen LogP contribution < -0.4 is 25.4 Å². The van der Waals surface area contributed by atoms with Crippen molar-refractivity contribution in [2.45, 2.75) is 25.3 Å². The summed E-state index contributed by atoms with van der Waals surface area (Å²) in [6.45, 7) is 0.824. The fourth-order valence-corrected chi connectivity index (χ4v) is 3.52. The van der Waals surface area contributed by atoms with Crippen molar-refractivity contribution in [1.82, 2.24) is 20.9 Å². The van der Waals surface area contributed by atoms with Gasteiger partial charge in [-0.05, 0) is 31.4 Å². The van der Waals surface area contributed by atoms with Crippen molar-refractivity contribution in [2.75, 3.05) is 26.8 Å². The number of aromatic nitrogens is 1. The van der Waals surface area contributed by atoms with Crippen molar-refractivity contribution in [1.29, 1.82) is 0 Å². The Morgan fingerprint density at radius 2 is 2.13 bits per heavy atom. The minimum Gasteiger partial charge on any atom is -0.497 e. The number of rotatable bonds is 3. The van der Waals surface area contributed by atoms with E-state index in [0.717, 1.165) is 0 Å². The molecule has 0 bridgehead atoms. The molecule has 9 nitrogen and oxygen atoms in total. The number of ether oxygens (including phenoxy) is 2. The van der Waals surface area contributed by atoms with Crippen LogP contribution in [0, 0.1) is 0 Å². The molecule has 0 saturated heterocycles. The lowest BCUT2D eigenvalue weighted by Crippen LogP contribution is -2.47. The highest BCUT2D eigenvalue weighted by Gasteiger charge is 2.22. The van der Waals surface area contributed by atoms with Gasteiger partial charge in [-0.25, -0.2) is 4.98 Å². The maximum Gasteiger partial charge on any atom is 0.271 e. The standard InChI is InChI=1S/C20H24N4O5S/c1-28-13-5-6-14-17(10-13)29-9-8-22-19(26)15(4-2-3-7-21-18(14)25)24-20(27)16-11-30-12-23-16/h5-6,10-12,15H,2-4,7-9H2,1H3,(H,21,25)(H,22,26)(H,24,27)/t15-/m0/s1. The van der Waals surface area contributed by atoms with Crippen LogP contribution in [-0.4, -0.2) is 55.6 Å². The molecule has 1 aromatic carbocycles. The molecule has 0 aliphatic carbocycles. The van der Waals surface area contributed by atoms with E-state index in [4.69, 9.17) is 9.47 Å². The number of hydrogen-bond acceptors (Lipinski definition) is 7. The third kappa shape index (κ3) is 5.69. The normalized spacial score (nSPS) is 18.1. The van der Waals surface area contributed by atoms with Gasteiger partial charge < -0.3 is 25.4 Å². The molecule has 1 aromatic heterocycles. The maximum absolute atomic E-state index is 12.6. The molecule has 0 fully saturated rings. The molecule has 0 unspecified atom stereocenters. The molecule has 0 saturated carbocycles. The highest BCUT2D eigenvalue weighted by atomic mass is 32.1. The second kappa shape index (κ2) is 10.6. The van der Waals surface area contributed by atoms with Crippen molar-refractivity contribution in [2.24, 2.45) is 0 Å². The van der Waals surface area contributed by atoms with Crippen LogP contribution in [0.3, 0.4) is 0 Å². The van der Waals surface area contributed by atoms with Crippen LogP contribution in [0.15, 0.2) is 29.1 Å². The summed E-state index contributed by atoms with van der Waals surface area (Å²) in [5.74, 6) is 0.0439. The number of fused-ring (bicyclic) bond motifs is 1. The van der Waals surface area contributed by atoms with Crippen LogP contribution in [0.1, 0.15) is 40.1 Å². The molecular weight excluding hydrogens is 408 g/mol. The highest BCUT2D eigenvalue weighted by Crippen LogP contribution is 2.25. The molecule has 3 rings (SSSR count). The fraction of sp³-hybridized carbons (Fsp3) is 0.400. The number of carbonyl (C=O) groups is 3. The molecule has 30 heavy (non-hydrogen) atoms. The Kier molecular flexibility index (Phi) is 7.61. The molecule has 0 radical (unpaired) electrons. The average Bonchev–Trinajstić information content (AvgIpc) is 3.29. The number of benzene rings is 1. The predicted octanol–water partition coefficient (Wildman–Crippen LogP) is 1.36. The van der Waals surface area contributed by atoms with Gasteiger partial charge in [0.25, 0.3) is 11.8 Å². The zero-order chi connectivity index (χ0) is 21.3. The van der Waals surface area contributed by atoms with Gasteiger partial charge in [-0.1, -0.05) is 0 Å². The highest BCUT2D eigenvalue weighted by molar-refractivity contribution is 7.07. The van der Waals surface area contributed by atoms with Gasteiger partial charge in [-0.15, -0.1) is 11.3 Å². The number of nitrogens with zero attached hydrogens (tertiary/aromatic N) is 1. The van der Waals surface area contributed by atoms with Gasteiger partial charge in [0, 0.05) is 18.0 Å². The number of nitrogens with one attached hydrogen (secondary N) is 3. The molecule has 1 aliphatic heterocycles. The van der Waals surface area contributed by atoms with Crippen molar-refractivity contribution < 1.29 is 23.9 Å². The monoisotopic (exact) mass is 432 g/mol. The Morgan fingerprint density at radius 3 is 2.90 bits per heavy atom. The molecule has 3 amide bonds. The summed E-state index contributed by atoms with van der Waals surface area (Å²) >= 11 is 1.31. The average molecular weight is 433 g/mol. The van der Waals surface area contributed by atoms with Gasteiger partial charge in [0.2, 0.25) is 5.91 Å². The molecule has 0 spiro atoms. The van der Waals surface area contributed by atoms with Crippen LogP contribution in [0.25, 0.3) is 0 Å². The number of amides is 3. The van der Waals surface area contributed by atoms with E-state index in [2.05, 4.69) is 20.9 Å². The first kappa shape index (κ1) is 21.6. The third-order valence-electron chi connectivity index (χ3n) is 4.58. The third-order valence-corrected chi connectivity index (χ3v) is 5.17. The Hall–Kier alpha value is -3.14. The van der Waals surface area contributed by atoms with Crippen LogP contribution in [0.4, 0.5) is 0 Å². The SMILES string of the molecule is COc1ccc2c(c1)OCCNC(=O)[C@@H](NC(=O)c1cscn1)CCCCNC2=O. The van der Waals surface area contributed by atoms with Gasteiger partial charge in [-0.2, -0.15) is 0 Å². The first-order valence-corrected chi connectivity index (χ1v) is 10.6. The van der Waals surface area contributed by atoms with Gasteiger partial charge in [0.15, 0.2) is 0 Å². The quantitative estimate of drug-likeness (QED) is 0.674. The van der Waals surface area contributed by atoms with E-state index in [-0.39, 0.29) is 36.6 Å². The molecule has 1 atom stereocenters. The summed E-state index contributed by atoms with van der Waals surface area (Å²) in [5.41, 5.74) is 2.26. The summed E-state index contributed by atoms with van der Waals surface area (Å²) in [4.78, 5) is 41.4. The van der Waals surface area contributed by atoms with E-state index in [1.54, 1.807) is 29.1 Å².